The third-order valence-corrected chi connectivity index (χ3v) is 4.18. The van der Waals surface area contributed by atoms with Crippen molar-refractivity contribution in [3.8, 4) is 5.75 Å². The average molecular weight is 353 g/mol. The molecule has 0 spiro atoms. The van der Waals surface area contributed by atoms with Crippen molar-refractivity contribution < 1.29 is 4.74 Å². The van der Waals surface area contributed by atoms with Crippen molar-refractivity contribution in [1.29, 1.82) is 0 Å². The lowest BCUT2D eigenvalue weighted by Gasteiger charge is -2.09. The summed E-state index contributed by atoms with van der Waals surface area (Å²) in [5.41, 5.74) is 7.85. The molecule has 0 aliphatic carbocycles. The summed E-state index contributed by atoms with van der Waals surface area (Å²) in [6.07, 6.45) is 2.03. The monoisotopic (exact) mass is 353 g/mol. The molecule has 2 aromatic carbocycles. The smallest absolute Gasteiger partial charge is 0.232 e. The van der Waals surface area contributed by atoms with E-state index in [0.717, 1.165) is 11.4 Å². The number of benzene rings is 2. The SMILES string of the molecule is CSc1ccc(OCc2nc(N)nc(Nc3ccc(C)cc3)n2)cc1. The van der Waals surface area contributed by atoms with Gasteiger partial charge in [0.2, 0.25) is 11.9 Å². The Hall–Kier alpha value is -2.80. The van der Waals surface area contributed by atoms with Crippen LogP contribution in [0.2, 0.25) is 0 Å². The zero-order chi connectivity index (χ0) is 17.6. The normalized spacial score (nSPS) is 10.5. The Labute approximate surface area is 150 Å². The van der Waals surface area contributed by atoms with Crippen molar-refractivity contribution in [1.82, 2.24) is 15.0 Å². The molecule has 0 radical (unpaired) electrons. The molecule has 0 aliphatic rings. The molecule has 0 unspecified atom stereocenters. The summed E-state index contributed by atoms with van der Waals surface area (Å²) in [6.45, 7) is 2.25. The van der Waals surface area contributed by atoms with Crippen LogP contribution < -0.4 is 15.8 Å². The largest absolute Gasteiger partial charge is 0.486 e. The van der Waals surface area contributed by atoms with Crippen LogP contribution in [0.3, 0.4) is 0 Å². The van der Waals surface area contributed by atoms with Gasteiger partial charge in [-0.15, -0.1) is 11.8 Å². The van der Waals surface area contributed by atoms with E-state index in [4.69, 9.17) is 10.5 Å². The van der Waals surface area contributed by atoms with E-state index in [9.17, 15) is 0 Å². The predicted octanol–water partition coefficient (Wildman–Crippen LogP) is 3.81. The van der Waals surface area contributed by atoms with Crippen molar-refractivity contribution in [2.45, 2.75) is 18.4 Å². The van der Waals surface area contributed by atoms with Crippen molar-refractivity contribution >= 4 is 29.3 Å². The summed E-state index contributed by atoms with van der Waals surface area (Å²) >= 11 is 1.68. The van der Waals surface area contributed by atoms with E-state index in [0.29, 0.717) is 11.8 Å². The number of nitrogens with two attached hydrogens (primary N) is 1. The second kappa shape index (κ2) is 7.85. The van der Waals surface area contributed by atoms with Crippen molar-refractivity contribution in [2.24, 2.45) is 0 Å². The van der Waals surface area contributed by atoms with Gasteiger partial charge in [-0.2, -0.15) is 15.0 Å². The van der Waals surface area contributed by atoms with Gasteiger partial charge in [0, 0.05) is 10.6 Å². The van der Waals surface area contributed by atoms with Crippen LogP contribution in [0.4, 0.5) is 17.6 Å². The Bertz CT molecular complexity index is 837. The number of anilines is 3. The quantitative estimate of drug-likeness (QED) is 0.652. The molecule has 3 aromatic rings. The number of ether oxygens (including phenoxy) is 1. The van der Waals surface area contributed by atoms with Crippen molar-refractivity contribution in [3.05, 3.63) is 59.9 Å². The maximum absolute atomic E-state index is 5.78. The molecule has 0 saturated heterocycles. The molecule has 1 aromatic heterocycles. The second-order valence-corrected chi connectivity index (χ2v) is 6.27. The molecule has 0 saturated carbocycles. The van der Waals surface area contributed by atoms with Crippen LogP contribution in [-0.4, -0.2) is 21.2 Å². The molecule has 3 rings (SSSR count). The summed E-state index contributed by atoms with van der Waals surface area (Å²) in [5.74, 6) is 1.77. The lowest BCUT2D eigenvalue weighted by atomic mass is 10.2. The fourth-order valence-electron chi connectivity index (χ4n) is 2.14. The molecule has 6 nitrogen and oxygen atoms in total. The summed E-state index contributed by atoms with van der Waals surface area (Å²) in [6, 6.07) is 15.8. The number of nitrogen functional groups attached to an aromatic ring is 1. The summed E-state index contributed by atoms with van der Waals surface area (Å²) in [7, 11) is 0. The third kappa shape index (κ3) is 4.84. The Morgan fingerprint density at radius 1 is 1.00 bits per heavy atom. The first-order chi connectivity index (χ1) is 12.1. The fraction of sp³-hybridized carbons (Fsp3) is 0.167. The summed E-state index contributed by atoms with van der Waals surface area (Å²) in [4.78, 5) is 13.8. The van der Waals surface area contributed by atoms with Crippen LogP contribution in [-0.2, 0) is 6.61 Å². The number of nitrogens with zero attached hydrogens (tertiary/aromatic N) is 3. The van der Waals surface area contributed by atoms with Gasteiger partial charge in [-0.25, -0.2) is 0 Å². The third-order valence-electron chi connectivity index (χ3n) is 3.43. The zero-order valence-electron chi connectivity index (χ0n) is 14.1. The minimum absolute atomic E-state index is 0.154. The maximum atomic E-state index is 5.78. The topological polar surface area (TPSA) is 86.0 Å². The van der Waals surface area contributed by atoms with Gasteiger partial charge >= 0.3 is 0 Å². The van der Waals surface area contributed by atoms with Crippen LogP contribution in [0.25, 0.3) is 0 Å². The first kappa shape index (κ1) is 17.0. The Balaban J connectivity index is 1.69. The standard InChI is InChI=1S/C18H19N5OS/c1-12-3-5-13(6-4-12)20-18-22-16(21-17(19)23-18)11-24-14-7-9-15(25-2)10-8-14/h3-10H,11H2,1-2H3,(H3,19,20,21,22,23). The zero-order valence-corrected chi connectivity index (χ0v) is 14.9. The van der Waals surface area contributed by atoms with Crippen LogP contribution in [0.15, 0.2) is 53.4 Å². The summed E-state index contributed by atoms with van der Waals surface area (Å²) < 4.78 is 5.72. The molecule has 25 heavy (non-hydrogen) atoms. The second-order valence-electron chi connectivity index (χ2n) is 5.39. The van der Waals surface area contributed by atoms with E-state index >= 15 is 0 Å². The highest BCUT2D eigenvalue weighted by Gasteiger charge is 2.06. The van der Waals surface area contributed by atoms with Crippen LogP contribution in [0.1, 0.15) is 11.4 Å². The average Bonchev–Trinajstić information content (AvgIpc) is 2.62. The molecular weight excluding hydrogens is 334 g/mol. The molecule has 0 bridgehead atoms. The first-order valence-corrected chi connectivity index (χ1v) is 8.96. The number of aromatic nitrogens is 3. The number of rotatable bonds is 6. The van der Waals surface area contributed by atoms with E-state index in [1.54, 1.807) is 11.8 Å². The molecule has 1 heterocycles. The van der Waals surface area contributed by atoms with Gasteiger partial charge in [0.25, 0.3) is 0 Å². The maximum Gasteiger partial charge on any atom is 0.232 e. The van der Waals surface area contributed by atoms with Crippen molar-refractivity contribution in [2.75, 3.05) is 17.3 Å². The van der Waals surface area contributed by atoms with E-state index in [-0.39, 0.29) is 12.6 Å². The minimum Gasteiger partial charge on any atom is -0.486 e. The number of aryl methyl sites for hydroxylation is 1. The van der Waals surface area contributed by atoms with Gasteiger partial charge in [0.05, 0.1) is 0 Å². The molecule has 7 heteroatoms. The lowest BCUT2D eigenvalue weighted by Crippen LogP contribution is -2.09. The highest BCUT2D eigenvalue weighted by molar-refractivity contribution is 7.98. The Morgan fingerprint density at radius 3 is 2.40 bits per heavy atom. The van der Waals surface area contributed by atoms with Gasteiger partial charge in [-0.1, -0.05) is 17.7 Å². The minimum atomic E-state index is 0.154. The van der Waals surface area contributed by atoms with Crippen molar-refractivity contribution in [3.63, 3.8) is 0 Å². The number of nitrogens with one attached hydrogen (secondary N) is 1. The van der Waals surface area contributed by atoms with Gasteiger partial charge < -0.3 is 15.8 Å². The fourth-order valence-corrected chi connectivity index (χ4v) is 2.55. The predicted molar refractivity (Wildman–Crippen MR) is 101 cm³/mol. The van der Waals surface area contributed by atoms with Crippen LogP contribution in [0.5, 0.6) is 5.75 Å². The van der Waals surface area contributed by atoms with Gasteiger partial charge in [0.1, 0.15) is 12.4 Å². The molecule has 0 atom stereocenters. The van der Waals surface area contributed by atoms with Crippen LogP contribution >= 0.6 is 11.8 Å². The van der Waals surface area contributed by atoms with Gasteiger partial charge in [-0.05, 0) is 49.6 Å². The van der Waals surface area contributed by atoms with E-state index < -0.39 is 0 Å². The molecule has 3 N–H and O–H groups in total. The highest BCUT2D eigenvalue weighted by Crippen LogP contribution is 2.20. The highest BCUT2D eigenvalue weighted by atomic mass is 32.2. The van der Waals surface area contributed by atoms with Gasteiger partial charge in [-0.3, -0.25) is 0 Å². The lowest BCUT2D eigenvalue weighted by molar-refractivity contribution is 0.295. The summed E-state index contributed by atoms with van der Waals surface area (Å²) in [5, 5.41) is 3.13. The molecule has 128 valence electrons. The van der Waals surface area contributed by atoms with E-state index in [2.05, 4.69) is 20.3 Å². The number of hydrogen-bond donors (Lipinski definition) is 2. The Kier molecular flexibility index (Phi) is 5.35. The first-order valence-electron chi connectivity index (χ1n) is 7.73. The van der Waals surface area contributed by atoms with E-state index in [1.165, 1.54) is 10.5 Å². The number of thioether (sulfide) groups is 1. The molecule has 0 aliphatic heterocycles. The van der Waals surface area contributed by atoms with Crippen LogP contribution in [0, 0.1) is 6.92 Å². The van der Waals surface area contributed by atoms with Gasteiger partial charge in [0.15, 0.2) is 5.82 Å². The number of hydrogen-bond acceptors (Lipinski definition) is 7. The molecular formula is C18H19N5OS. The molecule has 0 amide bonds. The molecule has 0 fully saturated rings. The Morgan fingerprint density at radius 2 is 1.72 bits per heavy atom. The van der Waals surface area contributed by atoms with E-state index in [1.807, 2.05) is 61.7 Å².